The number of hydrogen-bond donors (Lipinski definition) is 1. The van der Waals surface area contributed by atoms with Gasteiger partial charge in [0, 0.05) is 12.5 Å². The number of nitrogens with zero attached hydrogens (tertiary/aromatic N) is 1. The van der Waals surface area contributed by atoms with Gasteiger partial charge in [0.05, 0.1) is 11.2 Å². The molecule has 1 aliphatic rings. The smallest absolute Gasteiger partial charge is 0.143 e. The molecule has 1 aromatic rings. The average Bonchev–Trinajstić information content (AvgIpc) is 2.89. The number of halogens is 2. The lowest BCUT2D eigenvalue weighted by Gasteiger charge is -2.09. The lowest BCUT2D eigenvalue weighted by Crippen LogP contribution is -2.12. The summed E-state index contributed by atoms with van der Waals surface area (Å²) in [6, 6.07) is 3.51. The summed E-state index contributed by atoms with van der Waals surface area (Å²) in [5.41, 5.74) is -0.825. The molecule has 2 nitrogen and oxygen atoms in total. The standard InChI is InChI=1S/C11H9F2NO/c12-9-4-10(13)8(6-14)3-7(9)5-11(15)1-2-11/h3-4,15H,1-2,5H2. The molecule has 78 valence electrons. The Bertz CT molecular complexity index is 447. The van der Waals surface area contributed by atoms with E-state index in [0.29, 0.717) is 18.9 Å². The van der Waals surface area contributed by atoms with Crippen LogP contribution in [0.5, 0.6) is 0 Å². The Morgan fingerprint density at radius 3 is 2.53 bits per heavy atom. The molecular formula is C11H9F2NO. The fourth-order valence-electron chi connectivity index (χ4n) is 1.49. The van der Waals surface area contributed by atoms with Crippen LogP contribution in [0.4, 0.5) is 8.78 Å². The molecule has 4 heteroatoms. The summed E-state index contributed by atoms with van der Waals surface area (Å²) in [7, 11) is 0. The van der Waals surface area contributed by atoms with Crippen molar-refractivity contribution in [3.05, 3.63) is 34.9 Å². The zero-order chi connectivity index (χ0) is 11.1. The van der Waals surface area contributed by atoms with Crippen LogP contribution in [0, 0.1) is 23.0 Å². The summed E-state index contributed by atoms with van der Waals surface area (Å²) in [6.45, 7) is 0. The molecule has 2 rings (SSSR count). The number of hydrogen-bond acceptors (Lipinski definition) is 2. The van der Waals surface area contributed by atoms with Gasteiger partial charge >= 0.3 is 0 Å². The van der Waals surface area contributed by atoms with Crippen LogP contribution in [0.2, 0.25) is 0 Å². The van der Waals surface area contributed by atoms with E-state index in [2.05, 4.69) is 0 Å². The molecule has 0 atom stereocenters. The van der Waals surface area contributed by atoms with Gasteiger partial charge in [-0.2, -0.15) is 5.26 Å². The van der Waals surface area contributed by atoms with E-state index < -0.39 is 17.2 Å². The maximum atomic E-state index is 13.3. The van der Waals surface area contributed by atoms with Gasteiger partial charge in [0.25, 0.3) is 0 Å². The van der Waals surface area contributed by atoms with Crippen molar-refractivity contribution in [3.63, 3.8) is 0 Å². The van der Waals surface area contributed by atoms with Crippen LogP contribution in [0.1, 0.15) is 24.0 Å². The molecule has 1 aliphatic carbocycles. The first-order chi connectivity index (χ1) is 7.04. The topological polar surface area (TPSA) is 44.0 Å². The second kappa shape index (κ2) is 3.28. The number of benzene rings is 1. The molecule has 1 saturated carbocycles. The number of aliphatic hydroxyl groups is 1. The minimum atomic E-state index is -0.860. The molecule has 15 heavy (non-hydrogen) atoms. The average molecular weight is 209 g/mol. The van der Waals surface area contributed by atoms with Crippen LogP contribution in [-0.2, 0) is 6.42 Å². The van der Waals surface area contributed by atoms with Gasteiger partial charge in [-0.05, 0) is 24.5 Å². The van der Waals surface area contributed by atoms with Crippen LogP contribution in [0.3, 0.4) is 0 Å². The molecule has 1 fully saturated rings. The van der Waals surface area contributed by atoms with Crippen molar-refractivity contribution in [3.8, 4) is 6.07 Å². The van der Waals surface area contributed by atoms with Gasteiger partial charge in [-0.15, -0.1) is 0 Å². The molecule has 1 N–H and O–H groups in total. The Labute approximate surface area is 85.8 Å². The monoisotopic (exact) mass is 209 g/mol. The summed E-state index contributed by atoms with van der Waals surface area (Å²) < 4.78 is 26.2. The molecule has 0 spiro atoms. The van der Waals surface area contributed by atoms with Crippen LogP contribution in [-0.4, -0.2) is 10.7 Å². The molecule has 0 unspecified atom stereocenters. The minimum absolute atomic E-state index is 0.147. The largest absolute Gasteiger partial charge is 0.390 e. The van der Waals surface area contributed by atoms with E-state index in [1.807, 2.05) is 0 Å². The Kier molecular flexibility index (Phi) is 2.20. The maximum Gasteiger partial charge on any atom is 0.143 e. The minimum Gasteiger partial charge on any atom is -0.390 e. The SMILES string of the molecule is N#Cc1cc(CC2(O)CC2)c(F)cc1F. The normalized spacial score (nSPS) is 17.2. The van der Waals surface area contributed by atoms with Crippen molar-refractivity contribution in [1.29, 1.82) is 5.26 Å². The van der Waals surface area contributed by atoms with Gasteiger partial charge in [-0.3, -0.25) is 0 Å². The van der Waals surface area contributed by atoms with Crippen molar-refractivity contribution in [2.75, 3.05) is 0 Å². The first kappa shape index (κ1) is 10.1. The van der Waals surface area contributed by atoms with Gasteiger partial charge in [0.1, 0.15) is 17.7 Å². The molecule has 0 heterocycles. The first-order valence-electron chi connectivity index (χ1n) is 4.64. The van der Waals surface area contributed by atoms with Gasteiger partial charge in [0.2, 0.25) is 0 Å². The maximum absolute atomic E-state index is 13.3. The lowest BCUT2D eigenvalue weighted by atomic mass is 10.0. The summed E-state index contributed by atoms with van der Waals surface area (Å²) in [4.78, 5) is 0. The van der Waals surface area contributed by atoms with Gasteiger partial charge in [-0.25, -0.2) is 8.78 Å². The molecule has 0 radical (unpaired) electrons. The summed E-state index contributed by atoms with van der Waals surface area (Å²) in [5.74, 6) is -1.56. The van der Waals surface area contributed by atoms with E-state index in [4.69, 9.17) is 5.26 Å². The van der Waals surface area contributed by atoms with Crippen molar-refractivity contribution in [2.45, 2.75) is 24.9 Å². The number of nitriles is 1. The quantitative estimate of drug-likeness (QED) is 0.808. The second-order valence-corrected chi connectivity index (χ2v) is 3.94. The summed E-state index contributed by atoms with van der Waals surface area (Å²) in [6.07, 6.45) is 1.41. The molecule has 0 aliphatic heterocycles. The zero-order valence-corrected chi connectivity index (χ0v) is 7.93. The molecule has 1 aromatic carbocycles. The third-order valence-electron chi connectivity index (χ3n) is 2.60. The third-order valence-corrected chi connectivity index (χ3v) is 2.60. The Hall–Kier alpha value is -1.47. The van der Waals surface area contributed by atoms with Crippen LogP contribution in [0.25, 0.3) is 0 Å². The van der Waals surface area contributed by atoms with Gasteiger partial charge in [0.15, 0.2) is 0 Å². The molecule has 0 amide bonds. The fourth-order valence-corrected chi connectivity index (χ4v) is 1.49. The van der Waals surface area contributed by atoms with E-state index >= 15 is 0 Å². The van der Waals surface area contributed by atoms with Crippen molar-refractivity contribution < 1.29 is 13.9 Å². The van der Waals surface area contributed by atoms with Gasteiger partial charge < -0.3 is 5.11 Å². The second-order valence-electron chi connectivity index (χ2n) is 3.94. The molecule has 0 bridgehead atoms. The Morgan fingerprint density at radius 2 is 2.00 bits per heavy atom. The first-order valence-corrected chi connectivity index (χ1v) is 4.64. The highest BCUT2D eigenvalue weighted by atomic mass is 19.1. The Morgan fingerprint density at radius 1 is 1.33 bits per heavy atom. The van der Waals surface area contributed by atoms with E-state index in [1.54, 1.807) is 6.07 Å². The van der Waals surface area contributed by atoms with Crippen LogP contribution >= 0.6 is 0 Å². The van der Waals surface area contributed by atoms with Crippen LogP contribution < -0.4 is 0 Å². The van der Waals surface area contributed by atoms with E-state index in [1.165, 1.54) is 6.07 Å². The lowest BCUT2D eigenvalue weighted by molar-refractivity contribution is 0.149. The van der Waals surface area contributed by atoms with Crippen molar-refractivity contribution in [1.82, 2.24) is 0 Å². The number of rotatable bonds is 2. The highest BCUT2D eigenvalue weighted by Gasteiger charge is 2.40. The highest BCUT2D eigenvalue weighted by Crippen LogP contribution is 2.38. The van der Waals surface area contributed by atoms with Gasteiger partial charge in [-0.1, -0.05) is 0 Å². The molecule has 0 aromatic heterocycles. The van der Waals surface area contributed by atoms with Crippen molar-refractivity contribution >= 4 is 0 Å². The molecule has 0 saturated heterocycles. The predicted octanol–water partition coefficient (Wildman–Crippen LogP) is 1.90. The van der Waals surface area contributed by atoms with Crippen molar-refractivity contribution in [2.24, 2.45) is 0 Å². The summed E-state index contributed by atoms with van der Waals surface area (Å²) in [5, 5.41) is 18.2. The Balaban J connectivity index is 2.35. The van der Waals surface area contributed by atoms with E-state index in [9.17, 15) is 13.9 Å². The fraction of sp³-hybridized carbons (Fsp3) is 0.364. The molecular weight excluding hydrogens is 200 g/mol. The van der Waals surface area contributed by atoms with E-state index in [-0.39, 0.29) is 17.5 Å². The predicted molar refractivity (Wildman–Crippen MR) is 49.0 cm³/mol. The van der Waals surface area contributed by atoms with E-state index in [0.717, 1.165) is 0 Å². The summed E-state index contributed by atoms with van der Waals surface area (Å²) >= 11 is 0. The zero-order valence-electron chi connectivity index (χ0n) is 7.93. The highest BCUT2D eigenvalue weighted by molar-refractivity contribution is 5.36. The third kappa shape index (κ3) is 1.97. The van der Waals surface area contributed by atoms with Crippen LogP contribution in [0.15, 0.2) is 12.1 Å².